The van der Waals surface area contributed by atoms with E-state index >= 15 is 0 Å². The van der Waals surface area contributed by atoms with Crippen LogP contribution in [-0.4, -0.2) is 62.8 Å². The van der Waals surface area contributed by atoms with Gasteiger partial charge in [-0.1, -0.05) is 30.3 Å². The summed E-state index contributed by atoms with van der Waals surface area (Å²) in [5, 5.41) is 14.9. The maximum Gasteiger partial charge on any atom is 0.406 e. The third-order valence-electron chi connectivity index (χ3n) is 3.58. The van der Waals surface area contributed by atoms with Gasteiger partial charge in [0, 0.05) is 13.7 Å². The summed E-state index contributed by atoms with van der Waals surface area (Å²) < 4.78 is 49.9. The number of halogens is 3. The highest BCUT2D eigenvalue weighted by atomic mass is 19.4. The van der Waals surface area contributed by atoms with Gasteiger partial charge in [-0.2, -0.15) is 13.2 Å². The molecule has 0 bridgehead atoms. The van der Waals surface area contributed by atoms with Gasteiger partial charge in [-0.25, -0.2) is 0 Å². The number of aliphatic hydroxyl groups is 1. The molecule has 0 spiro atoms. The number of esters is 1. The lowest BCUT2D eigenvalue weighted by molar-refractivity contribution is -0.180. The van der Waals surface area contributed by atoms with Gasteiger partial charge in [-0.3, -0.25) is 10.1 Å². The molecule has 0 aliphatic carbocycles. The molecule has 3 N–H and O–H groups in total. The molecule has 0 unspecified atom stereocenters. The second kappa shape index (κ2) is 11.1. The van der Waals surface area contributed by atoms with Crippen LogP contribution in [0.5, 0.6) is 0 Å². The Morgan fingerprint density at radius 3 is 2.46 bits per heavy atom. The van der Waals surface area contributed by atoms with Gasteiger partial charge in [0.1, 0.15) is 6.04 Å². The molecule has 1 rings (SSSR count). The zero-order valence-electron chi connectivity index (χ0n) is 14.8. The van der Waals surface area contributed by atoms with Gasteiger partial charge < -0.3 is 19.9 Å². The van der Waals surface area contributed by atoms with Crippen molar-refractivity contribution in [2.45, 2.75) is 31.3 Å². The number of aliphatic hydroxyl groups excluding tert-OH is 1. The van der Waals surface area contributed by atoms with E-state index in [-0.39, 0.29) is 19.8 Å². The molecule has 0 fully saturated rings. The lowest BCUT2D eigenvalue weighted by Gasteiger charge is -2.31. The molecule has 0 radical (unpaired) electrons. The Morgan fingerprint density at radius 2 is 1.92 bits per heavy atom. The standard InChI is InChI=1S/C17H25F3N2O4/c1-3-26-15(24)10-21-9-14(23)16(17(18,19)20)22-13(11-25-2)12-7-5-4-6-8-12/h4-8,13-14,16,21-23H,3,9-11H2,1-2H3/t13-,14-,16+/m0/s1. The minimum absolute atomic E-state index is 0.000429. The van der Waals surface area contributed by atoms with Crippen LogP contribution in [0.2, 0.25) is 0 Å². The van der Waals surface area contributed by atoms with E-state index < -0.39 is 36.9 Å². The molecule has 6 nitrogen and oxygen atoms in total. The topological polar surface area (TPSA) is 79.8 Å². The van der Waals surface area contributed by atoms with Gasteiger partial charge in [0.05, 0.1) is 31.9 Å². The number of methoxy groups -OCH3 is 1. The molecule has 1 aromatic carbocycles. The Balaban J connectivity index is 2.76. The van der Waals surface area contributed by atoms with Gasteiger partial charge in [0.2, 0.25) is 0 Å². The van der Waals surface area contributed by atoms with Crippen molar-refractivity contribution in [3.05, 3.63) is 35.9 Å². The Hall–Kier alpha value is -1.68. The van der Waals surface area contributed by atoms with Crippen molar-refractivity contribution < 1.29 is 32.5 Å². The maximum atomic E-state index is 13.4. The quantitative estimate of drug-likeness (QED) is 0.506. The van der Waals surface area contributed by atoms with E-state index in [0.717, 1.165) is 0 Å². The fraction of sp³-hybridized carbons (Fsp3) is 0.588. The van der Waals surface area contributed by atoms with Crippen molar-refractivity contribution in [2.24, 2.45) is 0 Å². The molecule has 0 saturated heterocycles. The zero-order chi connectivity index (χ0) is 19.6. The van der Waals surface area contributed by atoms with E-state index in [1.165, 1.54) is 7.11 Å². The van der Waals surface area contributed by atoms with Crippen LogP contribution in [0, 0.1) is 0 Å². The van der Waals surface area contributed by atoms with Gasteiger partial charge in [0.25, 0.3) is 0 Å². The van der Waals surface area contributed by atoms with E-state index in [9.17, 15) is 23.1 Å². The lowest BCUT2D eigenvalue weighted by atomic mass is 10.0. The number of hydrogen-bond acceptors (Lipinski definition) is 6. The van der Waals surface area contributed by atoms with Crippen LogP contribution in [0.3, 0.4) is 0 Å². The molecular weight excluding hydrogens is 353 g/mol. The van der Waals surface area contributed by atoms with Crippen molar-refractivity contribution in [1.82, 2.24) is 10.6 Å². The number of hydrogen-bond donors (Lipinski definition) is 3. The van der Waals surface area contributed by atoms with Crippen LogP contribution in [0.15, 0.2) is 30.3 Å². The summed E-state index contributed by atoms with van der Waals surface area (Å²) >= 11 is 0. The predicted octanol–water partition coefficient (Wildman–Crippen LogP) is 1.41. The van der Waals surface area contributed by atoms with E-state index in [1.54, 1.807) is 37.3 Å². The normalized spacial score (nSPS) is 15.3. The molecule has 0 amide bonds. The molecule has 148 valence electrons. The van der Waals surface area contributed by atoms with Crippen LogP contribution in [-0.2, 0) is 14.3 Å². The average Bonchev–Trinajstić information content (AvgIpc) is 2.58. The van der Waals surface area contributed by atoms with Crippen molar-refractivity contribution in [3.8, 4) is 0 Å². The van der Waals surface area contributed by atoms with Crippen LogP contribution < -0.4 is 10.6 Å². The molecule has 3 atom stereocenters. The van der Waals surface area contributed by atoms with E-state index in [4.69, 9.17) is 4.74 Å². The van der Waals surface area contributed by atoms with Gasteiger partial charge in [-0.05, 0) is 12.5 Å². The van der Waals surface area contributed by atoms with Crippen molar-refractivity contribution in [1.29, 1.82) is 0 Å². The first-order valence-electron chi connectivity index (χ1n) is 8.20. The summed E-state index contributed by atoms with van der Waals surface area (Å²) in [5.41, 5.74) is 0.607. The first-order valence-corrected chi connectivity index (χ1v) is 8.20. The Morgan fingerprint density at radius 1 is 1.27 bits per heavy atom. The molecule has 0 aromatic heterocycles. The largest absolute Gasteiger partial charge is 0.465 e. The summed E-state index contributed by atoms with van der Waals surface area (Å²) in [5.74, 6) is -0.599. The van der Waals surface area contributed by atoms with Crippen LogP contribution in [0.25, 0.3) is 0 Å². The number of nitrogens with one attached hydrogen (secondary N) is 2. The summed E-state index contributed by atoms with van der Waals surface area (Å²) in [7, 11) is 1.39. The van der Waals surface area contributed by atoms with Crippen molar-refractivity contribution >= 4 is 5.97 Å². The predicted molar refractivity (Wildman–Crippen MR) is 89.5 cm³/mol. The fourth-order valence-electron chi connectivity index (χ4n) is 2.39. The van der Waals surface area contributed by atoms with Crippen LogP contribution in [0.1, 0.15) is 18.5 Å². The lowest BCUT2D eigenvalue weighted by Crippen LogP contribution is -2.55. The summed E-state index contributed by atoms with van der Waals surface area (Å²) in [4.78, 5) is 11.2. The Kier molecular flexibility index (Phi) is 9.57. The first kappa shape index (κ1) is 22.4. The molecular formula is C17H25F3N2O4. The fourth-order valence-corrected chi connectivity index (χ4v) is 2.39. The third-order valence-corrected chi connectivity index (χ3v) is 3.58. The first-order chi connectivity index (χ1) is 12.3. The maximum absolute atomic E-state index is 13.4. The Labute approximate surface area is 150 Å². The van der Waals surface area contributed by atoms with Crippen LogP contribution in [0.4, 0.5) is 13.2 Å². The molecule has 0 heterocycles. The van der Waals surface area contributed by atoms with E-state index in [2.05, 4.69) is 15.4 Å². The molecule has 9 heteroatoms. The summed E-state index contributed by atoms with van der Waals surface area (Å²) in [6.07, 6.45) is -6.49. The second-order valence-electron chi connectivity index (χ2n) is 5.61. The number of carbonyl (C=O) groups excluding carboxylic acids is 1. The second-order valence-corrected chi connectivity index (χ2v) is 5.61. The summed E-state index contributed by atoms with van der Waals surface area (Å²) in [6, 6.07) is 5.57. The highest BCUT2D eigenvalue weighted by molar-refractivity contribution is 5.71. The number of alkyl halides is 3. The number of carbonyl (C=O) groups is 1. The molecule has 0 aliphatic rings. The van der Waals surface area contributed by atoms with Crippen molar-refractivity contribution in [3.63, 3.8) is 0 Å². The smallest absolute Gasteiger partial charge is 0.406 e. The summed E-state index contributed by atoms with van der Waals surface area (Å²) in [6.45, 7) is 1.08. The average molecular weight is 378 g/mol. The minimum atomic E-state index is -4.69. The van der Waals surface area contributed by atoms with Gasteiger partial charge >= 0.3 is 12.1 Å². The molecule has 0 saturated carbocycles. The molecule has 26 heavy (non-hydrogen) atoms. The SMILES string of the molecule is CCOC(=O)CNC[C@H](O)[C@@H](N[C@@H](COC)c1ccccc1)C(F)(F)F. The van der Waals surface area contributed by atoms with E-state index in [0.29, 0.717) is 5.56 Å². The zero-order valence-corrected chi connectivity index (χ0v) is 14.8. The highest BCUT2D eigenvalue weighted by Crippen LogP contribution is 2.26. The monoisotopic (exact) mass is 378 g/mol. The van der Waals surface area contributed by atoms with Gasteiger partial charge in [-0.15, -0.1) is 0 Å². The van der Waals surface area contributed by atoms with Crippen LogP contribution >= 0.6 is 0 Å². The third kappa shape index (κ3) is 7.69. The number of rotatable bonds is 11. The number of ether oxygens (including phenoxy) is 2. The van der Waals surface area contributed by atoms with E-state index in [1.807, 2.05) is 0 Å². The molecule has 0 aliphatic heterocycles. The molecule has 1 aromatic rings. The number of benzene rings is 1. The minimum Gasteiger partial charge on any atom is -0.465 e. The Bertz CT molecular complexity index is 528. The van der Waals surface area contributed by atoms with Gasteiger partial charge in [0.15, 0.2) is 0 Å². The highest BCUT2D eigenvalue weighted by Gasteiger charge is 2.45. The van der Waals surface area contributed by atoms with Crippen molar-refractivity contribution in [2.75, 3.05) is 33.4 Å².